The Bertz CT molecular complexity index is 821. The summed E-state index contributed by atoms with van der Waals surface area (Å²) < 4.78 is 5.36. The first-order valence-corrected chi connectivity index (χ1v) is 8.87. The average Bonchev–Trinajstić information content (AvgIpc) is 3.09. The van der Waals surface area contributed by atoms with Crippen LogP contribution >= 0.6 is 0 Å². The molecule has 0 unspecified atom stereocenters. The summed E-state index contributed by atoms with van der Waals surface area (Å²) in [7, 11) is 0. The molecule has 0 amide bonds. The molecule has 0 aromatic carbocycles. The SMILES string of the molecule is O[C@H](C[C@@H]1CCCCCN1c1ccc2nccnc2n1)c1ccco1. The molecule has 1 aliphatic heterocycles. The average molecular weight is 338 g/mol. The summed E-state index contributed by atoms with van der Waals surface area (Å²) in [6.45, 7) is 0.939. The standard InChI is InChI=1S/C19H22N4O2/c24-16(17-6-4-12-25-17)13-14-5-2-1-3-11-23(14)18-8-7-15-19(22-18)21-10-9-20-15/h4,6-10,12,14,16,24H,1-3,5,11,13H2/t14-,16+/m0/s1. The molecule has 0 spiro atoms. The second-order valence-electron chi connectivity index (χ2n) is 6.53. The number of aliphatic hydroxyl groups is 1. The first-order chi connectivity index (χ1) is 12.3. The van der Waals surface area contributed by atoms with Crippen LogP contribution in [0.4, 0.5) is 5.82 Å². The molecule has 3 aromatic rings. The van der Waals surface area contributed by atoms with Crippen LogP contribution < -0.4 is 4.90 Å². The van der Waals surface area contributed by atoms with E-state index >= 15 is 0 Å². The van der Waals surface area contributed by atoms with Gasteiger partial charge in [0.1, 0.15) is 23.2 Å². The summed E-state index contributed by atoms with van der Waals surface area (Å²) in [4.78, 5) is 15.6. The van der Waals surface area contributed by atoms with E-state index in [4.69, 9.17) is 9.40 Å². The molecule has 0 bridgehead atoms. The number of fused-ring (bicyclic) bond motifs is 1. The number of pyridine rings is 1. The molecular weight excluding hydrogens is 316 g/mol. The Morgan fingerprint density at radius 1 is 1.16 bits per heavy atom. The Morgan fingerprint density at radius 3 is 2.96 bits per heavy atom. The molecule has 1 saturated heterocycles. The molecular formula is C19H22N4O2. The lowest BCUT2D eigenvalue weighted by Crippen LogP contribution is -2.36. The molecule has 1 fully saturated rings. The summed E-state index contributed by atoms with van der Waals surface area (Å²) in [6.07, 6.45) is 9.53. The molecule has 25 heavy (non-hydrogen) atoms. The molecule has 4 rings (SSSR count). The number of hydrogen-bond donors (Lipinski definition) is 1. The van der Waals surface area contributed by atoms with Crippen LogP contribution in [-0.4, -0.2) is 32.6 Å². The van der Waals surface area contributed by atoms with E-state index in [0.29, 0.717) is 17.8 Å². The van der Waals surface area contributed by atoms with Gasteiger partial charge in [0, 0.05) is 31.4 Å². The monoisotopic (exact) mass is 338 g/mol. The zero-order valence-corrected chi connectivity index (χ0v) is 14.1. The predicted octanol–water partition coefficient (Wildman–Crippen LogP) is 3.49. The van der Waals surface area contributed by atoms with Crippen LogP contribution in [0, 0.1) is 0 Å². The summed E-state index contributed by atoms with van der Waals surface area (Å²) in [5, 5.41) is 10.5. The highest BCUT2D eigenvalue weighted by molar-refractivity contribution is 5.71. The Kier molecular flexibility index (Phi) is 4.61. The molecule has 130 valence electrons. The maximum absolute atomic E-state index is 10.5. The fourth-order valence-corrected chi connectivity index (χ4v) is 3.58. The molecule has 3 aromatic heterocycles. The highest BCUT2D eigenvalue weighted by Gasteiger charge is 2.26. The quantitative estimate of drug-likeness (QED) is 0.785. The Balaban J connectivity index is 1.61. The topological polar surface area (TPSA) is 75.3 Å². The van der Waals surface area contributed by atoms with E-state index in [1.807, 2.05) is 24.3 Å². The van der Waals surface area contributed by atoms with Gasteiger partial charge in [-0.1, -0.05) is 12.8 Å². The van der Waals surface area contributed by atoms with Crippen LogP contribution in [0.15, 0.2) is 47.3 Å². The van der Waals surface area contributed by atoms with Crippen molar-refractivity contribution in [3.8, 4) is 0 Å². The van der Waals surface area contributed by atoms with E-state index in [1.165, 1.54) is 12.8 Å². The summed E-state index contributed by atoms with van der Waals surface area (Å²) >= 11 is 0. The van der Waals surface area contributed by atoms with Crippen molar-refractivity contribution < 1.29 is 9.52 Å². The van der Waals surface area contributed by atoms with Gasteiger partial charge >= 0.3 is 0 Å². The van der Waals surface area contributed by atoms with Crippen molar-refractivity contribution in [1.82, 2.24) is 15.0 Å². The smallest absolute Gasteiger partial charge is 0.180 e. The molecule has 1 aliphatic rings. The molecule has 1 N–H and O–H groups in total. The van der Waals surface area contributed by atoms with Crippen molar-refractivity contribution in [1.29, 1.82) is 0 Å². The minimum Gasteiger partial charge on any atom is -0.467 e. The fraction of sp³-hybridized carbons (Fsp3) is 0.421. The van der Waals surface area contributed by atoms with Crippen molar-refractivity contribution in [2.24, 2.45) is 0 Å². The Morgan fingerprint density at radius 2 is 2.08 bits per heavy atom. The van der Waals surface area contributed by atoms with E-state index < -0.39 is 6.10 Å². The van der Waals surface area contributed by atoms with Gasteiger partial charge in [0.15, 0.2) is 5.65 Å². The van der Waals surface area contributed by atoms with Gasteiger partial charge in [-0.25, -0.2) is 9.97 Å². The van der Waals surface area contributed by atoms with Crippen molar-refractivity contribution in [3.05, 3.63) is 48.7 Å². The first kappa shape index (κ1) is 16.0. The molecule has 6 heteroatoms. The van der Waals surface area contributed by atoms with Crippen LogP contribution in [0.25, 0.3) is 11.2 Å². The number of nitrogens with zero attached hydrogens (tertiary/aromatic N) is 4. The molecule has 4 heterocycles. The zero-order valence-electron chi connectivity index (χ0n) is 14.1. The van der Waals surface area contributed by atoms with Crippen LogP contribution in [0.2, 0.25) is 0 Å². The number of rotatable bonds is 4. The molecule has 6 nitrogen and oxygen atoms in total. The highest BCUT2D eigenvalue weighted by Crippen LogP contribution is 2.30. The molecule has 0 radical (unpaired) electrons. The number of furan rings is 1. The van der Waals surface area contributed by atoms with Gasteiger partial charge in [-0.15, -0.1) is 0 Å². The third-order valence-electron chi connectivity index (χ3n) is 4.86. The zero-order chi connectivity index (χ0) is 17.1. The number of hydrogen-bond acceptors (Lipinski definition) is 6. The van der Waals surface area contributed by atoms with E-state index in [-0.39, 0.29) is 6.04 Å². The van der Waals surface area contributed by atoms with Crippen molar-refractivity contribution >= 4 is 17.0 Å². The number of anilines is 1. The maximum Gasteiger partial charge on any atom is 0.180 e. The minimum absolute atomic E-state index is 0.226. The predicted molar refractivity (Wildman–Crippen MR) is 95.2 cm³/mol. The highest BCUT2D eigenvalue weighted by atomic mass is 16.4. The normalized spacial score (nSPS) is 19.7. The second kappa shape index (κ2) is 7.19. The van der Waals surface area contributed by atoms with E-state index in [1.54, 1.807) is 18.7 Å². The molecule has 0 saturated carbocycles. The summed E-state index contributed by atoms with van der Waals surface area (Å²) in [5.74, 6) is 1.54. The van der Waals surface area contributed by atoms with Gasteiger partial charge in [-0.2, -0.15) is 0 Å². The van der Waals surface area contributed by atoms with Gasteiger partial charge in [0.05, 0.1) is 6.26 Å². The van der Waals surface area contributed by atoms with Crippen LogP contribution in [-0.2, 0) is 0 Å². The van der Waals surface area contributed by atoms with Gasteiger partial charge in [0.25, 0.3) is 0 Å². The largest absolute Gasteiger partial charge is 0.467 e. The lowest BCUT2D eigenvalue weighted by molar-refractivity contribution is 0.129. The molecule has 0 aliphatic carbocycles. The van der Waals surface area contributed by atoms with Crippen LogP contribution in [0.3, 0.4) is 0 Å². The third-order valence-corrected chi connectivity index (χ3v) is 4.86. The van der Waals surface area contributed by atoms with Crippen molar-refractivity contribution in [2.45, 2.75) is 44.2 Å². The van der Waals surface area contributed by atoms with E-state index in [9.17, 15) is 5.11 Å². The van der Waals surface area contributed by atoms with E-state index in [2.05, 4.69) is 14.9 Å². The second-order valence-corrected chi connectivity index (χ2v) is 6.53. The Hall–Kier alpha value is -2.47. The number of aliphatic hydroxyl groups excluding tert-OH is 1. The van der Waals surface area contributed by atoms with Crippen molar-refractivity contribution in [2.75, 3.05) is 11.4 Å². The lowest BCUT2D eigenvalue weighted by Gasteiger charge is -2.32. The summed E-state index contributed by atoms with van der Waals surface area (Å²) in [5.41, 5.74) is 1.46. The molecule has 2 atom stereocenters. The van der Waals surface area contributed by atoms with Gasteiger partial charge < -0.3 is 14.4 Å². The van der Waals surface area contributed by atoms with Crippen molar-refractivity contribution in [3.63, 3.8) is 0 Å². The Labute approximate surface area is 146 Å². The fourth-order valence-electron chi connectivity index (χ4n) is 3.58. The number of aromatic nitrogens is 3. The summed E-state index contributed by atoms with van der Waals surface area (Å²) in [6, 6.07) is 7.84. The van der Waals surface area contributed by atoms with Crippen LogP contribution in [0.1, 0.15) is 44.0 Å². The first-order valence-electron chi connectivity index (χ1n) is 8.87. The lowest BCUT2D eigenvalue weighted by atomic mass is 10.0. The van der Waals surface area contributed by atoms with E-state index in [0.717, 1.165) is 30.7 Å². The minimum atomic E-state index is -0.596. The third kappa shape index (κ3) is 3.49. The van der Waals surface area contributed by atoms with Crippen LogP contribution in [0.5, 0.6) is 0 Å². The van der Waals surface area contributed by atoms with Gasteiger partial charge in [-0.3, -0.25) is 4.98 Å². The van der Waals surface area contributed by atoms with Gasteiger partial charge in [-0.05, 0) is 37.1 Å². The maximum atomic E-state index is 10.5. The van der Waals surface area contributed by atoms with Gasteiger partial charge in [0.2, 0.25) is 0 Å².